The zero-order valence-electron chi connectivity index (χ0n) is 11.9. The Kier molecular flexibility index (Phi) is 4.44. The van der Waals surface area contributed by atoms with Gasteiger partial charge in [-0.1, -0.05) is 18.5 Å². The van der Waals surface area contributed by atoms with Gasteiger partial charge in [0.25, 0.3) is 0 Å². The average Bonchev–Trinajstić information content (AvgIpc) is 3.31. The Morgan fingerprint density at radius 1 is 1.50 bits per heavy atom. The van der Waals surface area contributed by atoms with E-state index in [0.29, 0.717) is 12.1 Å². The predicted octanol–water partition coefficient (Wildman–Crippen LogP) is 2.60. The van der Waals surface area contributed by atoms with Gasteiger partial charge in [-0.25, -0.2) is 4.98 Å². The van der Waals surface area contributed by atoms with E-state index in [1.807, 2.05) is 0 Å². The molecule has 2 fully saturated rings. The Morgan fingerprint density at radius 2 is 2.35 bits per heavy atom. The highest BCUT2D eigenvalue weighted by molar-refractivity contribution is 6.31. The molecule has 3 rings (SSSR count). The van der Waals surface area contributed by atoms with Gasteiger partial charge in [0.15, 0.2) is 0 Å². The topological polar surface area (TPSA) is 37.4 Å². The number of nitrogens with zero attached hydrogens (tertiary/aromatic N) is 2. The molecule has 1 saturated carbocycles. The summed E-state index contributed by atoms with van der Waals surface area (Å²) in [6, 6.07) is 2.81. The summed E-state index contributed by atoms with van der Waals surface area (Å²) in [7, 11) is 0. The summed E-state index contributed by atoms with van der Waals surface area (Å²) < 4.78 is 5.71. The summed E-state index contributed by atoms with van der Waals surface area (Å²) in [4.78, 5) is 6.78. The largest absolute Gasteiger partial charge is 0.375 e. The molecule has 1 aliphatic carbocycles. The lowest BCUT2D eigenvalue weighted by atomic mass is 10.2. The van der Waals surface area contributed by atoms with Crippen LogP contribution in [0.25, 0.3) is 0 Å². The second kappa shape index (κ2) is 6.29. The summed E-state index contributed by atoms with van der Waals surface area (Å²) in [5.74, 6) is 1.02. The van der Waals surface area contributed by atoms with Gasteiger partial charge in [0.05, 0.1) is 17.7 Å². The smallest absolute Gasteiger partial charge is 0.129 e. The zero-order valence-corrected chi connectivity index (χ0v) is 12.7. The van der Waals surface area contributed by atoms with Crippen LogP contribution in [0.3, 0.4) is 0 Å². The van der Waals surface area contributed by atoms with Gasteiger partial charge in [0.1, 0.15) is 5.82 Å². The lowest BCUT2D eigenvalue weighted by Gasteiger charge is -2.33. The first kappa shape index (κ1) is 14.1. The molecule has 1 aromatic heterocycles. The molecule has 0 spiro atoms. The van der Waals surface area contributed by atoms with Gasteiger partial charge >= 0.3 is 0 Å². The molecule has 0 bridgehead atoms. The van der Waals surface area contributed by atoms with Crippen LogP contribution >= 0.6 is 11.6 Å². The first-order chi connectivity index (χ1) is 9.76. The molecule has 20 heavy (non-hydrogen) atoms. The van der Waals surface area contributed by atoms with Crippen LogP contribution in [0.5, 0.6) is 0 Å². The average molecular weight is 296 g/mol. The Bertz CT molecular complexity index is 464. The van der Waals surface area contributed by atoms with Gasteiger partial charge in [-0.15, -0.1) is 0 Å². The molecule has 1 unspecified atom stereocenters. The van der Waals surface area contributed by atoms with Gasteiger partial charge in [-0.3, -0.25) is 0 Å². The van der Waals surface area contributed by atoms with E-state index in [1.54, 1.807) is 6.20 Å². The normalized spacial score (nSPS) is 23.1. The van der Waals surface area contributed by atoms with E-state index in [1.165, 1.54) is 12.8 Å². The van der Waals surface area contributed by atoms with Crippen molar-refractivity contribution in [3.05, 3.63) is 22.8 Å². The van der Waals surface area contributed by atoms with Gasteiger partial charge < -0.3 is 15.0 Å². The number of halogens is 1. The SMILES string of the molecule is CCC1CN(c2cc(CNC3CC3)c(Cl)cn2)CCO1. The predicted molar refractivity (Wildman–Crippen MR) is 81.4 cm³/mol. The quantitative estimate of drug-likeness (QED) is 0.906. The monoisotopic (exact) mass is 295 g/mol. The van der Waals surface area contributed by atoms with Crippen molar-refractivity contribution in [2.75, 3.05) is 24.6 Å². The third kappa shape index (κ3) is 3.43. The first-order valence-electron chi connectivity index (χ1n) is 7.50. The molecule has 2 aliphatic rings. The third-order valence-electron chi connectivity index (χ3n) is 4.00. The molecule has 0 amide bonds. The second-order valence-electron chi connectivity index (χ2n) is 5.64. The lowest BCUT2D eigenvalue weighted by molar-refractivity contribution is 0.0381. The molecule has 2 heterocycles. The number of anilines is 1. The Hall–Kier alpha value is -0.840. The standard InChI is InChI=1S/C15H22ClN3O/c1-2-13-10-19(5-6-20-13)15-7-11(14(16)9-18-15)8-17-12-3-4-12/h7,9,12-13,17H,2-6,8,10H2,1H3. The third-order valence-corrected chi connectivity index (χ3v) is 4.34. The maximum absolute atomic E-state index is 6.25. The highest BCUT2D eigenvalue weighted by Gasteiger charge is 2.22. The van der Waals surface area contributed by atoms with Crippen molar-refractivity contribution in [3.8, 4) is 0 Å². The fourth-order valence-corrected chi connectivity index (χ4v) is 2.66. The van der Waals surface area contributed by atoms with Gasteiger partial charge in [-0.05, 0) is 30.9 Å². The lowest BCUT2D eigenvalue weighted by Crippen LogP contribution is -2.42. The van der Waals surface area contributed by atoms with E-state index in [0.717, 1.165) is 49.1 Å². The number of pyridine rings is 1. The Morgan fingerprint density at radius 3 is 3.10 bits per heavy atom. The van der Waals surface area contributed by atoms with Crippen LogP contribution in [0.2, 0.25) is 5.02 Å². The van der Waals surface area contributed by atoms with Crippen molar-refractivity contribution >= 4 is 17.4 Å². The van der Waals surface area contributed by atoms with Crippen molar-refractivity contribution in [3.63, 3.8) is 0 Å². The minimum Gasteiger partial charge on any atom is -0.375 e. The molecule has 5 heteroatoms. The maximum Gasteiger partial charge on any atom is 0.129 e. The fourth-order valence-electron chi connectivity index (χ4n) is 2.49. The number of aromatic nitrogens is 1. The van der Waals surface area contributed by atoms with E-state index in [4.69, 9.17) is 16.3 Å². The van der Waals surface area contributed by atoms with Gasteiger partial charge in [0, 0.05) is 31.9 Å². The summed E-state index contributed by atoms with van der Waals surface area (Å²) in [6.45, 7) is 5.59. The minimum atomic E-state index is 0.314. The molecule has 1 aliphatic heterocycles. The Labute approximate surface area is 125 Å². The van der Waals surface area contributed by atoms with Crippen molar-refractivity contribution in [2.45, 2.75) is 44.9 Å². The van der Waals surface area contributed by atoms with Crippen LogP contribution < -0.4 is 10.2 Å². The highest BCUT2D eigenvalue weighted by atomic mass is 35.5. The molecule has 1 aromatic rings. The summed E-state index contributed by atoms with van der Waals surface area (Å²) >= 11 is 6.25. The van der Waals surface area contributed by atoms with Crippen LogP contribution in [0.1, 0.15) is 31.7 Å². The molecular formula is C15H22ClN3O. The maximum atomic E-state index is 6.25. The molecule has 1 N–H and O–H groups in total. The van der Waals surface area contributed by atoms with Crippen molar-refractivity contribution in [1.29, 1.82) is 0 Å². The molecular weight excluding hydrogens is 274 g/mol. The van der Waals surface area contributed by atoms with Crippen LogP contribution in [0.15, 0.2) is 12.3 Å². The number of nitrogens with one attached hydrogen (secondary N) is 1. The molecule has 1 saturated heterocycles. The number of morpholine rings is 1. The van der Waals surface area contributed by atoms with Crippen molar-refractivity contribution in [2.24, 2.45) is 0 Å². The van der Waals surface area contributed by atoms with Crippen LogP contribution in [0, 0.1) is 0 Å². The van der Waals surface area contributed by atoms with E-state index < -0.39 is 0 Å². The molecule has 0 radical (unpaired) electrons. The summed E-state index contributed by atoms with van der Waals surface area (Å²) in [5.41, 5.74) is 1.14. The highest BCUT2D eigenvalue weighted by Crippen LogP contribution is 2.24. The minimum absolute atomic E-state index is 0.314. The molecule has 1 atom stereocenters. The van der Waals surface area contributed by atoms with Crippen molar-refractivity contribution < 1.29 is 4.74 Å². The first-order valence-corrected chi connectivity index (χ1v) is 7.88. The van der Waals surface area contributed by atoms with Crippen LogP contribution in [-0.2, 0) is 11.3 Å². The van der Waals surface area contributed by atoms with Crippen LogP contribution in [-0.4, -0.2) is 36.8 Å². The van der Waals surface area contributed by atoms with E-state index in [-0.39, 0.29) is 0 Å². The Balaban J connectivity index is 1.70. The molecule has 0 aromatic carbocycles. The number of hydrogen-bond donors (Lipinski definition) is 1. The molecule has 110 valence electrons. The second-order valence-corrected chi connectivity index (χ2v) is 6.04. The summed E-state index contributed by atoms with van der Waals surface area (Å²) in [6.07, 6.45) is 5.71. The molecule has 4 nitrogen and oxygen atoms in total. The zero-order chi connectivity index (χ0) is 13.9. The van der Waals surface area contributed by atoms with E-state index >= 15 is 0 Å². The van der Waals surface area contributed by atoms with Gasteiger partial charge in [0.2, 0.25) is 0 Å². The van der Waals surface area contributed by atoms with Gasteiger partial charge in [-0.2, -0.15) is 0 Å². The van der Waals surface area contributed by atoms with E-state index in [9.17, 15) is 0 Å². The van der Waals surface area contributed by atoms with Crippen molar-refractivity contribution in [1.82, 2.24) is 10.3 Å². The number of rotatable bonds is 5. The van der Waals surface area contributed by atoms with E-state index in [2.05, 4.69) is 28.2 Å². The fraction of sp³-hybridized carbons (Fsp3) is 0.667. The van der Waals surface area contributed by atoms with Crippen LogP contribution in [0.4, 0.5) is 5.82 Å². The number of ether oxygens (including phenoxy) is 1. The number of hydrogen-bond acceptors (Lipinski definition) is 4. The summed E-state index contributed by atoms with van der Waals surface area (Å²) in [5, 5.41) is 4.26.